The standard InChI is InChI=1S/CH3NO3S.Cu/c3-1(4)5-2-6;/h2,6H,(H,3,4);/q;+1/p-1. The van der Waals surface area contributed by atoms with Crippen LogP contribution in [0, 0.1) is 0 Å². The average molecular weight is 172 g/mol. The Kier molecular flexibility index (Phi) is 8.85. The van der Waals surface area contributed by atoms with Crippen LogP contribution >= 0.6 is 12.8 Å². The monoisotopic (exact) mass is 171 g/mol. The Labute approximate surface area is 56.2 Å². The largest absolute Gasteiger partial charge is 1.00 e. The van der Waals surface area contributed by atoms with Crippen molar-refractivity contribution in [3.8, 4) is 0 Å². The van der Waals surface area contributed by atoms with Crippen molar-refractivity contribution in [2.24, 2.45) is 0 Å². The number of thiol groups is 1. The first kappa shape index (κ1) is 10.2. The van der Waals surface area contributed by atoms with Gasteiger partial charge in [-0.05, 0) is 0 Å². The number of nitrogens with one attached hydrogen (secondary N) is 1. The van der Waals surface area contributed by atoms with E-state index in [1.54, 1.807) is 4.89 Å². The predicted octanol–water partition coefficient (Wildman–Crippen LogP) is -1.31. The molecule has 6 heteroatoms. The number of carbonyl (C=O) groups is 1. The van der Waals surface area contributed by atoms with Crippen LogP contribution in [-0.4, -0.2) is 6.16 Å². The molecule has 0 atom stereocenters. The maximum Gasteiger partial charge on any atom is 1.00 e. The molecule has 0 aliphatic rings. The molecule has 0 unspecified atom stereocenters. The Hall–Kier alpha value is 0.0995. The van der Waals surface area contributed by atoms with Crippen molar-refractivity contribution < 1.29 is 31.8 Å². The van der Waals surface area contributed by atoms with E-state index in [1.165, 1.54) is 0 Å². The normalized spacial score (nSPS) is 6.43. The van der Waals surface area contributed by atoms with Gasteiger partial charge < -0.3 is 14.7 Å². The zero-order valence-corrected chi connectivity index (χ0v) is 4.81. The van der Waals surface area contributed by atoms with Crippen molar-refractivity contribution in [1.82, 2.24) is 4.89 Å². The van der Waals surface area contributed by atoms with Crippen molar-refractivity contribution in [2.45, 2.75) is 0 Å². The van der Waals surface area contributed by atoms with Gasteiger partial charge in [-0.1, -0.05) is 12.8 Å². The van der Waals surface area contributed by atoms with E-state index in [0.29, 0.717) is 0 Å². The van der Waals surface area contributed by atoms with Crippen LogP contribution in [-0.2, 0) is 21.9 Å². The fourth-order valence-corrected chi connectivity index (χ4v) is 0.112. The van der Waals surface area contributed by atoms with Crippen LogP contribution in [0.3, 0.4) is 0 Å². The van der Waals surface area contributed by atoms with Gasteiger partial charge >= 0.3 is 17.1 Å². The maximum atomic E-state index is 9.15. The van der Waals surface area contributed by atoms with Gasteiger partial charge in [-0.25, -0.2) is 0 Å². The van der Waals surface area contributed by atoms with Crippen LogP contribution in [0.2, 0.25) is 0 Å². The molecule has 1 N–H and O–H groups in total. The molecule has 0 aromatic rings. The second-order valence-electron chi connectivity index (χ2n) is 0.443. The third-order valence-electron chi connectivity index (χ3n) is 0.129. The summed E-state index contributed by atoms with van der Waals surface area (Å²) in [6, 6.07) is 0. The van der Waals surface area contributed by atoms with Crippen LogP contribution in [0.1, 0.15) is 0 Å². The molecule has 0 aromatic carbocycles. The molecule has 4 nitrogen and oxygen atoms in total. The van der Waals surface area contributed by atoms with E-state index in [4.69, 9.17) is 9.90 Å². The molecule has 0 amide bonds. The summed E-state index contributed by atoms with van der Waals surface area (Å²) in [4.78, 5) is 14.2. The van der Waals surface area contributed by atoms with Crippen molar-refractivity contribution in [3.05, 3.63) is 0 Å². The Balaban J connectivity index is 0. The zero-order valence-electron chi connectivity index (χ0n) is 2.97. The second kappa shape index (κ2) is 6.10. The molecule has 0 heterocycles. The van der Waals surface area contributed by atoms with Gasteiger partial charge in [0.25, 0.3) is 6.16 Å². The minimum Gasteiger partial charge on any atom is -0.459 e. The van der Waals surface area contributed by atoms with Crippen LogP contribution in [0.15, 0.2) is 0 Å². The van der Waals surface area contributed by atoms with Crippen molar-refractivity contribution in [1.29, 1.82) is 0 Å². The van der Waals surface area contributed by atoms with E-state index < -0.39 is 6.16 Å². The molecule has 7 heavy (non-hydrogen) atoms. The molecule has 0 aliphatic heterocycles. The molecule has 0 spiro atoms. The Morgan fingerprint density at radius 2 is 2.29 bits per heavy atom. The first-order valence-corrected chi connectivity index (χ1v) is 1.49. The number of hydrogen-bond acceptors (Lipinski definition) is 5. The molecule has 0 fully saturated rings. The summed E-state index contributed by atoms with van der Waals surface area (Å²) in [6.07, 6.45) is -1.65. The van der Waals surface area contributed by atoms with E-state index in [0.717, 1.165) is 0 Å². The Morgan fingerprint density at radius 3 is 2.29 bits per heavy atom. The molecule has 0 rings (SSSR count). The van der Waals surface area contributed by atoms with Crippen molar-refractivity contribution >= 4 is 19.0 Å². The van der Waals surface area contributed by atoms with Crippen LogP contribution in [0.5, 0.6) is 0 Å². The minimum atomic E-state index is -1.65. The first-order chi connectivity index (χ1) is 2.77. The fourth-order valence-electron chi connectivity index (χ4n) is 0.0373. The molecule has 0 saturated heterocycles. The van der Waals surface area contributed by atoms with Gasteiger partial charge in [-0.3, -0.25) is 0 Å². The SMILES string of the molecule is O=C([O-])ONS.[Cu+]. The van der Waals surface area contributed by atoms with Gasteiger partial charge in [0.05, 0.1) is 0 Å². The summed E-state index contributed by atoms with van der Waals surface area (Å²) < 4.78 is 0. The van der Waals surface area contributed by atoms with E-state index in [9.17, 15) is 0 Å². The van der Waals surface area contributed by atoms with Crippen molar-refractivity contribution in [3.63, 3.8) is 0 Å². The quantitative estimate of drug-likeness (QED) is 0.292. The average Bonchev–Trinajstić information content (AvgIpc) is 1.35. The summed E-state index contributed by atoms with van der Waals surface area (Å²) in [5.41, 5.74) is 0. The Morgan fingerprint density at radius 1 is 1.86 bits per heavy atom. The molecular formula is CH2CuNO3S. The third-order valence-corrected chi connectivity index (χ3v) is 0.220. The van der Waals surface area contributed by atoms with Gasteiger partial charge in [0.1, 0.15) is 0 Å². The topological polar surface area (TPSA) is 61.4 Å². The summed E-state index contributed by atoms with van der Waals surface area (Å²) in [5, 5.41) is 9.15. The molecule has 0 aromatic heterocycles. The van der Waals surface area contributed by atoms with Gasteiger partial charge in [-0.15, -0.1) is 0 Å². The van der Waals surface area contributed by atoms with Crippen LogP contribution in [0.4, 0.5) is 4.79 Å². The smallest absolute Gasteiger partial charge is 0.459 e. The number of rotatable bonds is 1. The number of carboxylic acid groups (broad SMARTS) is 1. The van der Waals surface area contributed by atoms with Gasteiger partial charge in [0.15, 0.2) is 0 Å². The number of carbonyl (C=O) groups excluding carboxylic acids is 1. The number of hydrogen-bond donors (Lipinski definition) is 2. The summed E-state index contributed by atoms with van der Waals surface area (Å²) in [5.74, 6) is 0. The predicted molar refractivity (Wildman–Crippen MR) is 18.6 cm³/mol. The fraction of sp³-hybridized carbons (Fsp3) is 0. The third kappa shape index (κ3) is 10.7. The first-order valence-electron chi connectivity index (χ1n) is 1.04. The second-order valence-corrected chi connectivity index (χ2v) is 0.626. The molecule has 0 saturated carbocycles. The van der Waals surface area contributed by atoms with Crippen LogP contribution < -0.4 is 9.99 Å². The molecule has 0 aliphatic carbocycles. The van der Waals surface area contributed by atoms with Gasteiger partial charge in [-0.2, -0.15) is 4.89 Å². The summed E-state index contributed by atoms with van der Waals surface area (Å²) in [7, 11) is 0. The molecule has 0 radical (unpaired) electrons. The van der Waals surface area contributed by atoms with Gasteiger partial charge in [0, 0.05) is 0 Å². The van der Waals surface area contributed by atoms with Gasteiger partial charge in [0.2, 0.25) is 0 Å². The molecule has 46 valence electrons. The van der Waals surface area contributed by atoms with E-state index >= 15 is 0 Å². The van der Waals surface area contributed by atoms with Crippen molar-refractivity contribution in [2.75, 3.05) is 0 Å². The summed E-state index contributed by atoms with van der Waals surface area (Å²) >= 11 is 3.17. The van der Waals surface area contributed by atoms with E-state index in [1.807, 2.05) is 0 Å². The zero-order chi connectivity index (χ0) is 4.99. The Bertz CT molecular complexity index is 58.9. The molecular weight excluding hydrogens is 170 g/mol. The molecule has 0 bridgehead atoms. The maximum absolute atomic E-state index is 9.15. The van der Waals surface area contributed by atoms with E-state index in [2.05, 4.69) is 17.7 Å². The van der Waals surface area contributed by atoms with E-state index in [-0.39, 0.29) is 17.1 Å². The summed E-state index contributed by atoms with van der Waals surface area (Å²) in [6.45, 7) is 0. The minimum absolute atomic E-state index is 0. The van der Waals surface area contributed by atoms with Crippen LogP contribution in [0.25, 0.3) is 0 Å².